The molecule has 25 heavy (non-hydrogen) atoms. The standard InChI is InChI=1S/C17H28N6O.HI/c1-17(2,3)23-14(24)8-12(9-20-16-18-6-5-7-19-16)15(23)13-10-21-22(4)11-13;/h10-12,15H,5-9H2,1-4H3,(H2,18,19,20);1H/t12-,15+;/m0./s1. The van der Waals surface area contributed by atoms with E-state index in [1.807, 2.05) is 24.3 Å². The Bertz CT molecular complexity index is 635. The van der Waals surface area contributed by atoms with Gasteiger partial charge in [-0.3, -0.25) is 14.5 Å². The third-order valence-corrected chi connectivity index (χ3v) is 4.65. The van der Waals surface area contributed by atoms with E-state index in [1.54, 1.807) is 4.68 Å². The van der Waals surface area contributed by atoms with Gasteiger partial charge in [-0.05, 0) is 27.2 Å². The first-order chi connectivity index (χ1) is 11.4. The molecule has 0 aromatic carbocycles. The second-order valence-electron chi connectivity index (χ2n) is 7.68. The van der Waals surface area contributed by atoms with Gasteiger partial charge in [-0.1, -0.05) is 0 Å². The van der Waals surface area contributed by atoms with Crippen molar-refractivity contribution in [3.8, 4) is 0 Å². The summed E-state index contributed by atoms with van der Waals surface area (Å²) < 4.78 is 1.80. The molecule has 1 amide bonds. The predicted molar refractivity (Wildman–Crippen MR) is 109 cm³/mol. The van der Waals surface area contributed by atoms with Crippen LogP contribution in [0.25, 0.3) is 0 Å². The number of carbonyl (C=O) groups excluding carboxylic acids is 1. The molecule has 1 aromatic rings. The molecule has 0 aliphatic carbocycles. The number of halogens is 1. The van der Waals surface area contributed by atoms with Gasteiger partial charge in [0.15, 0.2) is 5.96 Å². The molecule has 3 heterocycles. The van der Waals surface area contributed by atoms with Crippen LogP contribution in [0, 0.1) is 5.92 Å². The smallest absolute Gasteiger partial charge is 0.223 e. The maximum Gasteiger partial charge on any atom is 0.223 e. The van der Waals surface area contributed by atoms with E-state index in [0.29, 0.717) is 6.42 Å². The molecule has 3 rings (SSSR count). The molecule has 2 N–H and O–H groups in total. The van der Waals surface area contributed by atoms with E-state index in [0.717, 1.165) is 37.6 Å². The molecule has 140 valence electrons. The first-order valence-electron chi connectivity index (χ1n) is 8.69. The molecular formula is C17H29IN6O. The van der Waals surface area contributed by atoms with Gasteiger partial charge in [0.05, 0.1) is 12.2 Å². The van der Waals surface area contributed by atoms with Crippen LogP contribution >= 0.6 is 24.0 Å². The largest absolute Gasteiger partial charge is 0.356 e. The van der Waals surface area contributed by atoms with Crippen molar-refractivity contribution in [2.45, 2.75) is 45.2 Å². The summed E-state index contributed by atoms with van der Waals surface area (Å²) in [6.45, 7) is 8.82. The zero-order chi connectivity index (χ0) is 17.3. The Morgan fingerprint density at radius 1 is 1.40 bits per heavy atom. The molecule has 0 bridgehead atoms. The fraction of sp³-hybridized carbons (Fsp3) is 0.706. The molecule has 0 spiro atoms. The number of hydrogen-bond acceptors (Lipinski definition) is 5. The average molecular weight is 460 g/mol. The average Bonchev–Trinajstić information content (AvgIpc) is 3.08. The van der Waals surface area contributed by atoms with Crippen LogP contribution in [0.5, 0.6) is 0 Å². The van der Waals surface area contributed by atoms with E-state index in [9.17, 15) is 4.79 Å². The highest BCUT2D eigenvalue weighted by atomic mass is 127. The first-order valence-corrected chi connectivity index (χ1v) is 8.69. The topological polar surface area (TPSA) is 74.6 Å². The lowest BCUT2D eigenvalue weighted by molar-refractivity contribution is -0.133. The lowest BCUT2D eigenvalue weighted by atomic mass is 9.93. The molecule has 0 radical (unpaired) electrons. The minimum Gasteiger partial charge on any atom is -0.356 e. The van der Waals surface area contributed by atoms with E-state index in [4.69, 9.17) is 0 Å². The van der Waals surface area contributed by atoms with Gasteiger partial charge in [0, 0.05) is 56.3 Å². The summed E-state index contributed by atoms with van der Waals surface area (Å²) in [4.78, 5) is 19.2. The fourth-order valence-corrected chi connectivity index (χ4v) is 3.67. The quantitative estimate of drug-likeness (QED) is 0.674. The Balaban J connectivity index is 0.00000225. The third-order valence-electron chi connectivity index (χ3n) is 4.65. The summed E-state index contributed by atoms with van der Waals surface area (Å²) in [6, 6.07) is 0.0443. The number of guanidine groups is 1. The Hall–Kier alpha value is -1.32. The molecule has 8 heteroatoms. The van der Waals surface area contributed by atoms with Gasteiger partial charge in [-0.15, -0.1) is 24.0 Å². The molecule has 2 aliphatic rings. The summed E-state index contributed by atoms with van der Waals surface area (Å²) in [7, 11) is 1.91. The van der Waals surface area contributed by atoms with Crippen molar-refractivity contribution in [3.05, 3.63) is 18.0 Å². The lowest BCUT2D eigenvalue weighted by Crippen LogP contribution is -2.46. The van der Waals surface area contributed by atoms with Crippen molar-refractivity contribution in [1.82, 2.24) is 25.3 Å². The Morgan fingerprint density at radius 2 is 2.16 bits per heavy atom. The van der Waals surface area contributed by atoms with Crippen molar-refractivity contribution in [2.24, 2.45) is 18.0 Å². The Kier molecular flexibility index (Phi) is 6.34. The molecule has 1 saturated heterocycles. The highest BCUT2D eigenvalue weighted by Crippen LogP contribution is 2.41. The van der Waals surface area contributed by atoms with Gasteiger partial charge in [0.2, 0.25) is 5.91 Å². The van der Waals surface area contributed by atoms with Crippen molar-refractivity contribution < 1.29 is 4.79 Å². The maximum absolute atomic E-state index is 12.7. The van der Waals surface area contributed by atoms with Crippen molar-refractivity contribution >= 4 is 35.8 Å². The third kappa shape index (κ3) is 4.45. The second-order valence-corrected chi connectivity index (χ2v) is 7.68. The summed E-state index contributed by atoms with van der Waals surface area (Å²) in [5.41, 5.74) is 0.885. The molecule has 2 atom stereocenters. The van der Waals surface area contributed by atoms with Crippen LogP contribution < -0.4 is 10.6 Å². The predicted octanol–water partition coefficient (Wildman–Crippen LogP) is 1.67. The Labute approximate surface area is 166 Å². The number of hydrogen-bond donors (Lipinski definition) is 2. The van der Waals surface area contributed by atoms with Gasteiger partial charge >= 0.3 is 0 Å². The summed E-state index contributed by atoms with van der Waals surface area (Å²) in [5.74, 6) is 1.27. The van der Waals surface area contributed by atoms with Crippen LogP contribution in [-0.4, -0.2) is 51.7 Å². The SMILES string of the molecule is Cn1cc([C@H]2[C@H](CNC3=NCCCN3)CC(=O)N2C(C)(C)C)cn1.I. The number of carbonyl (C=O) groups is 1. The van der Waals surface area contributed by atoms with Gasteiger partial charge in [0.1, 0.15) is 0 Å². The van der Waals surface area contributed by atoms with Gasteiger partial charge in [-0.25, -0.2) is 0 Å². The fourth-order valence-electron chi connectivity index (χ4n) is 3.67. The van der Waals surface area contributed by atoms with Crippen LogP contribution in [0.1, 0.15) is 45.2 Å². The number of nitrogens with zero attached hydrogens (tertiary/aromatic N) is 4. The number of aryl methyl sites for hydroxylation is 1. The highest BCUT2D eigenvalue weighted by molar-refractivity contribution is 14.0. The molecular weight excluding hydrogens is 431 g/mol. The molecule has 0 unspecified atom stereocenters. The van der Waals surface area contributed by atoms with Crippen molar-refractivity contribution in [2.75, 3.05) is 19.6 Å². The van der Waals surface area contributed by atoms with Crippen LogP contribution in [0.15, 0.2) is 17.4 Å². The van der Waals surface area contributed by atoms with Crippen LogP contribution in [-0.2, 0) is 11.8 Å². The van der Waals surface area contributed by atoms with E-state index < -0.39 is 0 Å². The summed E-state index contributed by atoms with van der Waals surface area (Å²) in [5, 5.41) is 11.0. The summed E-state index contributed by atoms with van der Waals surface area (Å²) in [6.07, 6.45) is 5.52. The van der Waals surface area contributed by atoms with Crippen molar-refractivity contribution in [1.29, 1.82) is 0 Å². The Morgan fingerprint density at radius 3 is 2.72 bits per heavy atom. The zero-order valence-electron chi connectivity index (χ0n) is 15.5. The van der Waals surface area contributed by atoms with E-state index >= 15 is 0 Å². The molecule has 0 saturated carbocycles. The lowest BCUT2D eigenvalue weighted by Gasteiger charge is -2.38. The molecule has 2 aliphatic heterocycles. The number of aliphatic imine (C=N–C) groups is 1. The minimum atomic E-state index is -0.215. The maximum atomic E-state index is 12.7. The molecule has 1 aromatic heterocycles. The number of amides is 1. The molecule has 7 nitrogen and oxygen atoms in total. The number of likely N-dealkylation sites (tertiary alicyclic amines) is 1. The number of nitrogens with one attached hydrogen (secondary N) is 2. The summed E-state index contributed by atoms with van der Waals surface area (Å²) >= 11 is 0. The van der Waals surface area contributed by atoms with Crippen molar-refractivity contribution in [3.63, 3.8) is 0 Å². The number of rotatable bonds is 3. The minimum absolute atomic E-state index is 0. The van der Waals surface area contributed by atoms with E-state index in [1.165, 1.54) is 0 Å². The first kappa shape index (κ1) is 20.0. The number of aromatic nitrogens is 2. The van der Waals surface area contributed by atoms with Crippen LogP contribution in [0.2, 0.25) is 0 Å². The molecule has 1 fully saturated rings. The van der Waals surface area contributed by atoms with Crippen LogP contribution in [0.4, 0.5) is 0 Å². The highest BCUT2D eigenvalue weighted by Gasteiger charge is 2.45. The van der Waals surface area contributed by atoms with Gasteiger partial charge in [-0.2, -0.15) is 5.10 Å². The van der Waals surface area contributed by atoms with Gasteiger partial charge < -0.3 is 15.5 Å². The van der Waals surface area contributed by atoms with E-state index in [2.05, 4.69) is 41.5 Å². The van der Waals surface area contributed by atoms with Gasteiger partial charge in [0.25, 0.3) is 0 Å². The second kappa shape index (κ2) is 7.92. The van der Waals surface area contributed by atoms with Crippen LogP contribution in [0.3, 0.4) is 0 Å². The normalized spacial score (nSPS) is 23.8. The van der Waals surface area contributed by atoms with E-state index in [-0.39, 0.29) is 47.4 Å². The zero-order valence-corrected chi connectivity index (χ0v) is 17.8. The monoisotopic (exact) mass is 460 g/mol.